The predicted octanol–water partition coefficient (Wildman–Crippen LogP) is 2.56. The molecule has 0 spiro atoms. The molecule has 0 aliphatic rings. The zero-order valence-electron chi connectivity index (χ0n) is 6.69. The zero-order chi connectivity index (χ0) is 8.43. The summed E-state index contributed by atoms with van der Waals surface area (Å²) in [6.07, 6.45) is 0. The number of hydrogen-bond acceptors (Lipinski definition) is 1. The van der Waals surface area contributed by atoms with Crippen LogP contribution < -0.4 is 0 Å². The lowest BCUT2D eigenvalue weighted by Gasteiger charge is -2.00. The third-order valence-corrected chi connectivity index (χ3v) is 1.46. The van der Waals surface area contributed by atoms with Gasteiger partial charge in [0, 0.05) is 0 Å². The molecule has 0 aliphatic carbocycles. The van der Waals surface area contributed by atoms with E-state index in [0.717, 1.165) is 11.3 Å². The summed E-state index contributed by atoms with van der Waals surface area (Å²) in [7, 11) is 0. The van der Waals surface area contributed by atoms with E-state index < -0.39 is 0 Å². The minimum atomic E-state index is -0.269. The van der Waals surface area contributed by atoms with Crippen molar-refractivity contribution in [2.45, 2.75) is 13.8 Å². The first-order chi connectivity index (χ1) is 5.11. The van der Waals surface area contributed by atoms with Crippen molar-refractivity contribution < 1.29 is 4.39 Å². The van der Waals surface area contributed by atoms with Gasteiger partial charge in [0.15, 0.2) is 0 Å². The third kappa shape index (κ3) is 1.64. The normalized spacial score (nSPS) is 9.73. The number of aryl methyl sites for hydroxylation is 1. The second kappa shape index (κ2) is 2.82. The Kier molecular flexibility index (Phi) is 2.03. The van der Waals surface area contributed by atoms with Crippen LogP contribution in [0.1, 0.15) is 18.3 Å². The summed E-state index contributed by atoms with van der Waals surface area (Å²) in [4.78, 5) is 4.00. The highest BCUT2D eigenvalue weighted by Gasteiger charge is 1.99. The number of aromatic nitrogens is 1. The fraction of sp³-hybridized carbons (Fsp3) is 0.222. The van der Waals surface area contributed by atoms with Crippen LogP contribution in [-0.4, -0.2) is 4.98 Å². The highest BCUT2D eigenvalue weighted by molar-refractivity contribution is 5.57. The van der Waals surface area contributed by atoms with Crippen LogP contribution in [-0.2, 0) is 0 Å². The SMILES string of the molecule is C=C(C)c1ccc(F)c(C)n1. The number of nitrogens with zero attached hydrogens (tertiary/aromatic N) is 1. The van der Waals surface area contributed by atoms with Crippen molar-refractivity contribution in [1.82, 2.24) is 4.98 Å². The Labute approximate surface area is 65.6 Å². The summed E-state index contributed by atoms with van der Waals surface area (Å²) in [6.45, 7) is 7.20. The highest BCUT2D eigenvalue weighted by atomic mass is 19.1. The summed E-state index contributed by atoms with van der Waals surface area (Å²) in [5.41, 5.74) is 2.03. The van der Waals surface area contributed by atoms with Gasteiger partial charge < -0.3 is 0 Å². The van der Waals surface area contributed by atoms with Gasteiger partial charge in [0.1, 0.15) is 5.82 Å². The van der Waals surface area contributed by atoms with Crippen LogP contribution in [0.2, 0.25) is 0 Å². The lowest BCUT2D eigenvalue weighted by molar-refractivity contribution is 0.609. The first kappa shape index (κ1) is 7.92. The van der Waals surface area contributed by atoms with E-state index in [-0.39, 0.29) is 5.82 Å². The Morgan fingerprint density at radius 2 is 2.18 bits per heavy atom. The van der Waals surface area contributed by atoms with E-state index in [1.54, 1.807) is 13.0 Å². The average molecular weight is 151 g/mol. The van der Waals surface area contributed by atoms with Crippen molar-refractivity contribution in [3.63, 3.8) is 0 Å². The molecule has 58 valence electrons. The number of pyridine rings is 1. The number of allylic oxidation sites excluding steroid dienone is 1. The van der Waals surface area contributed by atoms with Crippen LogP contribution in [0.4, 0.5) is 4.39 Å². The van der Waals surface area contributed by atoms with Gasteiger partial charge in [-0.05, 0) is 31.6 Å². The average Bonchev–Trinajstić information content (AvgIpc) is 1.94. The second-order valence-corrected chi connectivity index (χ2v) is 2.54. The number of rotatable bonds is 1. The molecule has 0 aliphatic heterocycles. The number of hydrogen-bond donors (Lipinski definition) is 0. The molecular formula is C9H10FN. The third-order valence-electron chi connectivity index (χ3n) is 1.46. The van der Waals surface area contributed by atoms with Gasteiger partial charge in [0.2, 0.25) is 0 Å². The van der Waals surface area contributed by atoms with E-state index >= 15 is 0 Å². The van der Waals surface area contributed by atoms with Crippen LogP contribution in [0, 0.1) is 12.7 Å². The number of halogens is 1. The fourth-order valence-corrected chi connectivity index (χ4v) is 0.782. The van der Waals surface area contributed by atoms with Gasteiger partial charge in [-0.3, -0.25) is 4.98 Å². The zero-order valence-corrected chi connectivity index (χ0v) is 6.69. The van der Waals surface area contributed by atoms with E-state index in [1.165, 1.54) is 6.07 Å². The highest BCUT2D eigenvalue weighted by Crippen LogP contribution is 2.10. The molecule has 1 aromatic rings. The summed E-state index contributed by atoms with van der Waals surface area (Å²) in [6, 6.07) is 3.04. The maximum Gasteiger partial charge on any atom is 0.144 e. The Bertz CT molecular complexity index is 292. The van der Waals surface area contributed by atoms with Gasteiger partial charge in [0.25, 0.3) is 0 Å². The van der Waals surface area contributed by atoms with Gasteiger partial charge in [-0.15, -0.1) is 0 Å². The Morgan fingerprint density at radius 3 is 2.64 bits per heavy atom. The quantitative estimate of drug-likeness (QED) is 0.601. The van der Waals surface area contributed by atoms with E-state index in [1.807, 2.05) is 6.92 Å². The molecule has 0 saturated heterocycles. The Morgan fingerprint density at radius 1 is 1.55 bits per heavy atom. The summed E-state index contributed by atoms with van der Waals surface area (Å²) in [5, 5.41) is 0. The molecule has 0 N–H and O–H groups in total. The van der Waals surface area contributed by atoms with Crippen LogP contribution in [0.25, 0.3) is 5.57 Å². The molecule has 11 heavy (non-hydrogen) atoms. The van der Waals surface area contributed by atoms with E-state index in [0.29, 0.717) is 5.69 Å². The van der Waals surface area contributed by atoms with Crippen molar-refractivity contribution >= 4 is 5.57 Å². The van der Waals surface area contributed by atoms with E-state index in [4.69, 9.17) is 0 Å². The van der Waals surface area contributed by atoms with Gasteiger partial charge in [-0.2, -0.15) is 0 Å². The molecular weight excluding hydrogens is 141 g/mol. The summed E-state index contributed by atoms with van der Waals surface area (Å²) >= 11 is 0. The second-order valence-electron chi connectivity index (χ2n) is 2.54. The van der Waals surface area contributed by atoms with Gasteiger partial charge >= 0.3 is 0 Å². The maximum atomic E-state index is 12.7. The molecule has 1 rings (SSSR count). The van der Waals surface area contributed by atoms with Crippen LogP contribution in [0.3, 0.4) is 0 Å². The van der Waals surface area contributed by atoms with Crippen LogP contribution in [0.5, 0.6) is 0 Å². The first-order valence-corrected chi connectivity index (χ1v) is 3.40. The standard InChI is InChI=1S/C9H10FN/c1-6(2)9-5-4-8(10)7(3)11-9/h4-5H,1H2,2-3H3. The Hall–Kier alpha value is -1.18. The van der Waals surface area contributed by atoms with Crippen molar-refractivity contribution in [3.05, 3.63) is 35.9 Å². The fourth-order valence-electron chi connectivity index (χ4n) is 0.782. The van der Waals surface area contributed by atoms with Crippen molar-refractivity contribution in [1.29, 1.82) is 0 Å². The van der Waals surface area contributed by atoms with Crippen molar-refractivity contribution in [2.24, 2.45) is 0 Å². The molecule has 0 unspecified atom stereocenters. The maximum absolute atomic E-state index is 12.7. The smallest absolute Gasteiger partial charge is 0.144 e. The largest absolute Gasteiger partial charge is 0.250 e. The molecule has 0 bridgehead atoms. The molecule has 0 saturated carbocycles. The van der Waals surface area contributed by atoms with Crippen LogP contribution >= 0.6 is 0 Å². The predicted molar refractivity (Wildman–Crippen MR) is 43.6 cm³/mol. The monoisotopic (exact) mass is 151 g/mol. The van der Waals surface area contributed by atoms with Gasteiger partial charge in [-0.1, -0.05) is 6.58 Å². The minimum Gasteiger partial charge on any atom is -0.250 e. The molecule has 1 heterocycles. The van der Waals surface area contributed by atoms with E-state index in [9.17, 15) is 4.39 Å². The summed E-state index contributed by atoms with van der Waals surface area (Å²) < 4.78 is 12.7. The molecule has 0 aromatic carbocycles. The van der Waals surface area contributed by atoms with Crippen LogP contribution in [0.15, 0.2) is 18.7 Å². The molecule has 0 amide bonds. The lowest BCUT2D eigenvalue weighted by atomic mass is 10.2. The molecule has 0 fully saturated rings. The van der Waals surface area contributed by atoms with Crippen molar-refractivity contribution in [3.8, 4) is 0 Å². The Balaban J connectivity index is 3.15. The molecule has 0 atom stereocenters. The lowest BCUT2D eigenvalue weighted by Crippen LogP contribution is -1.91. The summed E-state index contributed by atoms with van der Waals surface area (Å²) in [5.74, 6) is -0.269. The van der Waals surface area contributed by atoms with Crippen molar-refractivity contribution in [2.75, 3.05) is 0 Å². The molecule has 1 aromatic heterocycles. The molecule has 2 heteroatoms. The van der Waals surface area contributed by atoms with E-state index in [2.05, 4.69) is 11.6 Å². The molecule has 0 radical (unpaired) electrons. The van der Waals surface area contributed by atoms with Gasteiger partial charge in [-0.25, -0.2) is 4.39 Å². The van der Waals surface area contributed by atoms with Gasteiger partial charge in [0.05, 0.1) is 11.4 Å². The topological polar surface area (TPSA) is 12.9 Å². The minimum absolute atomic E-state index is 0.269. The molecule has 1 nitrogen and oxygen atoms in total. The first-order valence-electron chi connectivity index (χ1n) is 3.40.